The van der Waals surface area contributed by atoms with Crippen molar-refractivity contribution in [3.63, 3.8) is 0 Å². The third kappa shape index (κ3) is 4.46. The smallest absolute Gasteiger partial charge is 0.264 e. The number of carbonyl (C=O) groups is 1. The first-order valence-corrected chi connectivity index (χ1v) is 4.12. The molecule has 0 saturated heterocycles. The molecule has 60 valence electrons. The first kappa shape index (κ1) is 9.58. The van der Waals surface area contributed by atoms with E-state index in [1.807, 2.05) is 0 Å². The van der Waals surface area contributed by atoms with Crippen molar-refractivity contribution in [2.24, 2.45) is 0 Å². The summed E-state index contributed by atoms with van der Waals surface area (Å²) in [5, 5.41) is 0. The highest BCUT2D eigenvalue weighted by Gasteiger charge is 2.01. The zero-order valence-electron chi connectivity index (χ0n) is 6.05. The fraction of sp³-hybridized carbons (Fsp3) is 0.800. The Hall–Kier alpha value is -0.420. The number of carbonyl (C=O) groups excluding carboxylic acids is 1. The van der Waals surface area contributed by atoms with E-state index in [2.05, 4.69) is 8.91 Å². The van der Waals surface area contributed by atoms with Crippen LogP contribution < -0.4 is 4.72 Å². The maximum atomic E-state index is 10.6. The van der Waals surface area contributed by atoms with Crippen molar-refractivity contribution in [1.29, 1.82) is 0 Å². The van der Waals surface area contributed by atoms with Crippen molar-refractivity contribution in [2.45, 2.75) is 20.3 Å². The van der Waals surface area contributed by atoms with Crippen LogP contribution in [-0.2, 0) is 20.2 Å². The van der Waals surface area contributed by atoms with Gasteiger partial charge in [0.15, 0.2) is 0 Å². The molecule has 1 unspecified atom stereocenters. The fourth-order valence-corrected chi connectivity index (χ4v) is 0.905. The van der Waals surface area contributed by atoms with Gasteiger partial charge in [-0.05, 0) is 6.92 Å². The van der Waals surface area contributed by atoms with Crippen molar-refractivity contribution in [3.05, 3.63) is 0 Å². The van der Waals surface area contributed by atoms with Crippen molar-refractivity contribution in [2.75, 3.05) is 6.61 Å². The molecule has 0 bridgehead atoms. The Kier molecular flexibility index (Phi) is 5.15. The van der Waals surface area contributed by atoms with Gasteiger partial charge in [0.1, 0.15) is 0 Å². The lowest BCUT2D eigenvalue weighted by atomic mass is 10.5. The molecule has 0 aromatic rings. The summed E-state index contributed by atoms with van der Waals surface area (Å²) < 4.78 is 17.3. The summed E-state index contributed by atoms with van der Waals surface area (Å²) in [4.78, 5) is 10.5. The summed E-state index contributed by atoms with van der Waals surface area (Å²) in [5.41, 5.74) is 0. The molecule has 0 spiro atoms. The lowest BCUT2D eigenvalue weighted by molar-refractivity contribution is -0.119. The molecule has 0 aromatic heterocycles. The zero-order valence-corrected chi connectivity index (χ0v) is 6.86. The van der Waals surface area contributed by atoms with Crippen molar-refractivity contribution in [1.82, 2.24) is 4.72 Å². The summed E-state index contributed by atoms with van der Waals surface area (Å²) in [6, 6.07) is 0. The van der Waals surface area contributed by atoms with E-state index in [-0.39, 0.29) is 5.91 Å². The molecule has 1 amide bonds. The highest BCUT2D eigenvalue weighted by molar-refractivity contribution is 7.78. The Morgan fingerprint density at radius 3 is 2.60 bits per heavy atom. The van der Waals surface area contributed by atoms with E-state index in [0.717, 1.165) is 0 Å². The Bertz CT molecular complexity index is 137. The van der Waals surface area contributed by atoms with E-state index in [4.69, 9.17) is 0 Å². The average Bonchev–Trinajstić information content (AvgIpc) is 1.88. The molecule has 5 heteroatoms. The highest BCUT2D eigenvalue weighted by atomic mass is 32.2. The van der Waals surface area contributed by atoms with E-state index >= 15 is 0 Å². The van der Waals surface area contributed by atoms with Gasteiger partial charge in [-0.2, -0.15) is 0 Å². The molecule has 0 saturated carbocycles. The van der Waals surface area contributed by atoms with Gasteiger partial charge in [-0.15, -0.1) is 0 Å². The topological polar surface area (TPSA) is 55.4 Å². The molecule has 0 aromatic carbocycles. The van der Waals surface area contributed by atoms with Crippen molar-refractivity contribution >= 4 is 17.2 Å². The maximum Gasteiger partial charge on any atom is 0.264 e. The van der Waals surface area contributed by atoms with Gasteiger partial charge in [0.05, 0.1) is 6.61 Å². The third-order valence-corrected chi connectivity index (χ3v) is 1.59. The lowest BCUT2D eigenvalue weighted by Gasteiger charge is -1.99. The van der Waals surface area contributed by atoms with Crippen LogP contribution in [0, 0.1) is 0 Å². The van der Waals surface area contributed by atoms with Gasteiger partial charge in [-0.25, -0.2) is 4.21 Å². The van der Waals surface area contributed by atoms with Gasteiger partial charge in [-0.1, -0.05) is 6.92 Å². The summed E-state index contributed by atoms with van der Waals surface area (Å²) in [7, 11) is 0. The number of nitrogens with one attached hydrogen (secondary N) is 1. The van der Waals surface area contributed by atoms with Gasteiger partial charge in [-0.3, -0.25) is 13.7 Å². The predicted octanol–water partition coefficient (Wildman–Crippen LogP) is 0.128. The summed E-state index contributed by atoms with van der Waals surface area (Å²) >= 11 is -1.65. The molecular weight excluding hydrogens is 154 g/mol. The van der Waals surface area contributed by atoms with E-state index in [0.29, 0.717) is 13.0 Å². The predicted molar refractivity (Wildman–Crippen MR) is 38.2 cm³/mol. The Morgan fingerprint density at radius 1 is 1.60 bits per heavy atom. The molecule has 0 rings (SSSR count). The number of amides is 1. The molecule has 0 fully saturated rings. The highest BCUT2D eigenvalue weighted by Crippen LogP contribution is 1.81. The number of hydrogen-bond donors (Lipinski definition) is 1. The maximum absolute atomic E-state index is 10.6. The van der Waals surface area contributed by atoms with Crippen molar-refractivity contribution < 1.29 is 13.2 Å². The quantitative estimate of drug-likeness (QED) is 0.644. The normalized spacial score (nSPS) is 12.6. The van der Waals surface area contributed by atoms with Crippen LogP contribution in [0.2, 0.25) is 0 Å². The van der Waals surface area contributed by atoms with Gasteiger partial charge in [0.25, 0.3) is 11.3 Å². The lowest BCUT2D eigenvalue weighted by Crippen LogP contribution is -2.25. The minimum absolute atomic E-state index is 0.271. The second-order valence-corrected chi connectivity index (χ2v) is 2.43. The third-order valence-electron chi connectivity index (χ3n) is 0.743. The molecule has 0 heterocycles. The number of hydrogen-bond acceptors (Lipinski definition) is 3. The average molecular weight is 165 g/mol. The van der Waals surface area contributed by atoms with Crippen LogP contribution >= 0.6 is 0 Å². The molecule has 0 radical (unpaired) electrons. The van der Waals surface area contributed by atoms with E-state index in [9.17, 15) is 9.00 Å². The van der Waals surface area contributed by atoms with Gasteiger partial charge < -0.3 is 0 Å². The van der Waals surface area contributed by atoms with E-state index < -0.39 is 11.3 Å². The summed E-state index contributed by atoms with van der Waals surface area (Å²) in [6.45, 7) is 3.71. The molecule has 1 atom stereocenters. The van der Waals surface area contributed by atoms with Gasteiger partial charge >= 0.3 is 0 Å². The molecule has 0 aliphatic heterocycles. The van der Waals surface area contributed by atoms with E-state index in [1.165, 1.54) is 0 Å². The Balaban J connectivity index is 3.47. The van der Waals surface area contributed by atoms with E-state index in [1.54, 1.807) is 13.8 Å². The standard InChI is InChI=1S/C5H11NO3S/c1-3-5(7)6-10(8)9-4-2/h3-4H2,1-2H3,(H,6,7). The van der Waals surface area contributed by atoms with Crippen LogP contribution in [0.25, 0.3) is 0 Å². The first-order chi connectivity index (χ1) is 4.70. The van der Waals surface area contributed by atoms with Crippen LogP contribution in [0.15, 0.2) is 0 Å². The molecule has 10 heavy (non-hydrogen) atoms. The summed E-state index contributed by atoms with van der Waals surface area (Å²) in [5.74, 6) is -0.271. The van der Waals surface area contributed by atoms with Crippen LogP contribution in [0.1, 0.15) is 20.3 Å². The minimum Gasteiger partial charge on any atom is -0.274 e. The van der Waals surface area contributed by atoms with Crippen LogP contribution in [0.5, 0.6) is 0 Å². The van der Waals surface area contributed by atoms with Crippen LogP contribution in [0.3, 0.4) is 0 Å². The minimum atomic E-state index is -1.65. The van der Waals surface area contributed by atoms with Crippen molar-refractivity contribution in [3.8, 4) is 0 Å². The molecule has 4 nitrogen and oxygen atoms in total. The molecule has 0 aliphatic rings. The molecular formula is C5H11NO3S. The Morgan fingerprint density at radius 2 is 2.20 bits per heavy atom. The molecule has 1 N–H and O–H groups in total. The fourth-order valence-electron chi connectivity index (χ4n) is 0.302. The largest absolute Gasteiger partial charge is 0.274 e. The van der Waals surface area contributed by atoms with Crippen LogP contribution in [0.4, 0.5) is 0 Å². The monoisotopic (exact) mass is 165 g/mol. The number of rotatable bonds is 4. The first-order valence-electron chi connectivity index (χ1n) is 3.05. The zero-order chi connectivity index (χ0) is 7.98. The van der Waals surface area contributed by atoms with Gasteiger partial charge in [0.2, 0.25) is 5.91 Å². The van der Waals surface area contributed by atoms with Gasteiger partial charge in [0, 0.05) is 6.42 Å². The van der Waals surface area contributed by atoms with Crippen LogP contribution in [-0.4, -0.2) is 16.7 Å². The SMILES string of the molecule is CCOS(=O)NC(=O)CC. The molecule has 0 aliphatic carbocycles. The summed E-state index contributed by atoms with van der Waals surface area (Å²) in [6.07, 6.45) is 0.318. The second kappa shape index (κ2) is 5.37. The second-order valence-electron chi connectivity index (χ2n) is 1.52. The Labute approximate surface area is 62.7 Å².